The summed E-state index contributed by atoms with van der Waals surface area (Å²) in [5.41, 5.74) is 4.16. The topological polar surface area (TPSA) is 89.0 Å². The summed E-state index contributed by atoms with van der Waals surface area (Å²) in [6.45, 7) is -0.224. The second-order valence-electron chi connectivity index (χ2n) is 6.29. The summed E-state index contributed by atoms with van der Waals surface area (Å²) in [4.78, 5) is 24.1. The van der Waals surface area contributed by atoms with E-state index in [2.05, 4.69) is 15.8 Å². The van der Waals surface area contributed by atoms with Gasteiger partial charge in [-0.15, -0.1) is 0 Å². The van der Waals surface area contributed by atoms with Crippen LogP contribution >= 0.6 is 11.6 Å². The van der Waals surface area contributed by atoms with Crippen LogP contribution in [0.3, 0.4) is 0 Å². The van der Waals surface area contributed by atoms with Crippen molar-refractivity contribution in [2.24, 2.45) is 5.10 Å². The molecule has 0 saturated heterocycles. The SMILES string of the molecule is COc1ccccc1NC(=O)COc1ccc(/C=N/NC(=O)c2ccccc2)cc1Cl. The molecule has 7 nitrogen and oxygen atoms in total. The van der Waals surface area contributed by atoms with Gasteiger partial charge in [-0.25, -0.2) is 5.43 Å². The lowest BCUT2D eigenvalue weighted by Crippen LogP contribution is -2.20. The minimum atomic E-state index is -0.352. The molecule has 0 fully saturated rings. The molecule has 3 aromatic rings. The Morgan fingerprint density at radius 2 is 1.74 bits per heavy atom. The standard InChI is InChI=1S/C23H20ClN3O4/c1-30-21-10-6-5-9-19(21)26-22(28)15-31-20-12-11-16(13-18(20)24)14-25-27-23(29)17-7-3-2-4-8-17/h2-14H,15H2,1H3,(H,26,28)(H,27,29)/b25-14+. The molecule has 0 aliphatic carbocycles. The number of ether oxygens (including phenoxy) is 2. The van der Waals surface area contributed by atoms with Gasteiger partial charge in [0, 0.05) is 5.56 Å². The van der Waals surface area contributed by atoms with E-state index in [9.17, 15) is 9.59 Å². The average molecular weight is 438 g/mol. The Labute approximate surface area is 184 Å². The van der Waals surface area contributed by atoms with Gasteiger partial charge < -0.3 is 14.8 Å². The Hall–Kier alpha value is -3.84. The number of halogens is 1. The van der Waals surface area contributed by atoms with Gasteiger partial charge in [0.05, 0.1) is 24.0 Å². The number of carbonyl (C=O) groups excluding carboxylic acids is 2. The van der Waals surface area contributed by atoms with E-state index in [0.717, 1.165) is 0 Å². The highest BCUT2D eigenvalue weighted by molar-refractivity contribution is 6.32. The lowest BCUT2D eigenvalue weighted by atomic mass is 10.2. The van der Waals surface area contributed by atoms with Gasteiger partial charge in [0.25, 0.3) is 11.8 Å². The molecule has 0 aliphatic rings. The third kappa shape index (κ3) is 6.32. The van der Waals surface area contributed by atoms with Crippen molar-refractivity contribution >= 4 is 35.3 Å². The van der Waals surface area contributed by atoms with Crippen LogP contribution in [0.15, 0.2) is 77.9 Å². The van der Waals surface area contributed by atoms with E-state index in [0.29, 0.717) is 33.3 Å². The first-order valence-electron chi connectivity index (χ1n) is 9.30. The molecule has 8 heteroatoms. The molecule has 0 spiro atoms. The Morgan fingerprint density at radius 3 is 2.48 bits per heavy atom. The fraction of sp³-hybridized carbons (Fsp3) is 0.0870. The molecule has 0 radical (unpaired) electrons. The number of nitrogens with zero attached hydrogens (tertiary/aromatic N) is 1. The lowest BCUT2D eigenvalue weighted by molar-refractivity contribution is -0.118. The smallest absolute Gasteiger partial charge is 0.271 e. The fourth-order valence-electron chi connectivity index (χ4n) is 2.61. The number of amides is 2. The second kappa shape index (κ2) is 10.8. The number of hydrazone groups is 1. The van der Waals surface area contributed by atoms with Gasteiger partial charge in [-0.3, -0.25) is 9.59 Å². The molecule has 2 N–H and O–H groups in total. The Morgan fingerprint density at radius 1 is 1.00 bits per heavy atom. The number of methoxy groups -OCH3 is 1. The zero-order valence-electron chi connectivity index (χ0n) is 16.7. The predicted molar refractivity (Wildman–Crippen MR) is 120 cm³/mol. The number of anilines is 1. The molecule has 3 aromatic carbocycles. The molecular formula is C23H20ClN3O4. The van der Waals surface area contributed by atoms with E-state index in [1.165, 1.54) is 13.3 Å². The van der Waals surface area contributed by atoms with Crippen molar-refractivity contribution < 1.29 is 19.1 Å². The number of carbonyl (C=O) groups is 2. The van der Waals surface area contributed by atoms with Crippen LogP contribution in [0.2, 0.25) is 5.02 Å². The van der Waals surface area contributed by atoms with Crippen molar-refractivity contribution in [2.45, 2.75) is 0 Å². The number of hydrogen-bond donors (Lipinski definition) is 2. The molecule has 158 valence electrons. The van der Waals surface area contributed by atoms with E-state index >= 15 is 0 Å². The molecule has 0 aromatic heterocycles. The molecule has 31 heavy (non-hydrogen) atoms. The number of para-hydroxylation sites is 2. The maximum Gasteiger partial charge on any atom is 0.271 e. The van der Waals surface area contributed by atoms with E-state index < -0.39 is 0 Å². The van der Waals surface area contributed by atoms with Crippen molar-refractivity contribution in [3.63, 3.8) is 0 Å². The van der Waals surface area contributed by atoms with Crippen molar-refractivity contribution in [1.82, 2.24) is 5.43 Å². The van der Waals surface area contributed by atoms with Crippen LogP contribution in [0.25, 0.3) is 0 Å². The van der Waals surface area contributed by atoms with Crippen molar-refractivity contribution in [2.75, 3.05) is 19.0 Å². The molecule has 0 atom stereocenters. The predicted octanol–water partition coefficient (Wildman–Crippen LogP) is 4.13. The average Bonchev–Trinajstić information content (AvgIpc) is 2.79. The second-order valence-corrected chi connectivity index (χ2v) is 6.70. The van der Waals surface area contributed by atoms with E-state index in [-0.39, 0.29) is 18.4 Å². The Kier molecular flexibility index (Phi) is 7.61. The summed E-state index contributed by atoms with van der Waals surface area (Å²) < 4.78 is 10.7. The number of benzene rings is 3. The minimum absolute atomic E-state index is 0.224. The Bertz CT molecular complexity index is 1090. The summed E-state index contributed by atoms with van der Waals surface area (Å²) in [6.07, 6.45) is 1.46. The molecule has 0 bridgehead atoms. The van der Waals surface area contributed by atoms with Crippen LogP contribution in [0.5, 0.6) is 11.5 Å². The monoisotopic (exact) mass is 437 g/mol. The van der Waals surface area contributed by atoms with Crippen LogP contribution in [0, 0.1) is 0 Å². The van der Waals surface area contributed by atoms with E-state index in [1.807, 2.05) is 12.1 Å². The summed E-state index contributed by atoms with van der Waals surface area (Å²) in [6, 6.07) is 20.8. The number of nitrogens with one attached hydrogen (secondary N) is 2. The molecular weight excluding hydrogens is 418 g/mol. The van der Waals surface area contributed by atoms with Crippen LogP contribution in [-0.4, -0.2) is 31.7 Å². The normalized spacial score (nSPS) is 10.5. The first-order valence-corrected chi connectivity index (χ1v) is 9.68. The minimum Gasteiger partial charge on any atom is -0.495 e. The fourth-order valence-corrected chi connectivity index (χ4v) is 2.85. The first kappa shape index (κ1) is 21.9. The molecule has 0 unspecified atom stereocenters. The largest absolute Gasteiger partial charge is 0.495 e. The quantitative estimate of drug-likeness (QED) is 0.409. The van der Waals surface area contributed by atoms with Crippen LogP contribution in [0.4, 0.5) is 5.69 Å². The third-order valence-corrected chi connectivity index (χ3v) is 4.41. The molecule has 2 amide bonds. The van der Waals surface area contributed by atoms with Crippen LogP contribution in [-0.2, 0) is 4.79 Å². The summed E-state index contributed by atoms with van der Waals surface area (Å²) in [5.74, 6) is 0.234. The number of rotatable bonds is 8. The highest BCUT2D eigenvalue weighted by Crippen LogP contribution is 2.26. The van der Waals surface area contributed by atoms with E-state index in [4.69, 9.17) is 21.1 Å². The van der Waals surface area contributed by atoms with E-state index in [1.54, 1.807) is 60.7 Å². The molecule has 3 rings (SSSR count). The molecule has 0 saturated carbocycles. The van der Waals surface area contributed by atoms with Crippen molar-refractivity contribution in [3.8, 4) is 11.5 Å². The van der Waals surface area contributed by atoms with Crippen molar-refractivity contribution in [3.05, 3.63) is 88.9 Å². The van der Waals surface area contributed by atoms with Crippen LogP contribution < -0.4 is 20.2 Å². The van der Waals surface area contributed by atoms with Gasteiger partial charge in [-0.2, -0.15) is 5.10 Å². The highest BCUT2D eigenvalue weighted by Gasteiger charge is 2.09. The summed E-state index contributed by atoms with van der Waals surface area (Å²) in [5, 5.41) is 6.96. The zero-order chi connectivity index (χ0) is 22.1. The van der Waals surface area contributed by atoms with Crippen molar-refractivity contribution in [1.29, 1.82) is 0 Å². The highest BCUT2D eigenvalue weighted by atomic mass is 35.5. The van der Waals surface area contributed by atoms with Crippen LogP contribution in [0.1, 0.15) is 15.9 Å². The molecule has 0 heterocycles. The van der Waals surface area contributed by atoms with Gasteiger partial charge in [-0.05, 0) is 48.0 Å². The summed E-state index contributed by atoms with van der Waals surface area (Å²) in [7, 11) is 1.53. The molecule has 0 aliphatic heterocycles. The van der Waals surface area contributed by atoms with Gasteiger partial charge in [-0.1, -0.05) is 41.9 Å². The van der Waals surface area contributed by atoms with Gasteiger partial charge in [0.15, 0.2) is 6.61 Å². The van der Waals surface area contributed by atoms with Gasteiger partial charge in [0.1, 0.15) is 11.5 Å². The Balaban J connectivity index is 1.53. The lowest BCUT2D eigenvalue weighted by Gasteiger charge is -2.11. The first-order chi connectivity index (χ1) is 15.1. The zero-order valence-corrected chi connectivity index (χ0v) is 17.4. The van der Waals surface area contributed by atoms with Gasteiger partial charge >= 0.3 is 0 Å². The maximum atomic E-state index is 12.2. The third-order valence-electron chi connectivity index (χ3n) is 4.11. The number of hydrogen-bond acceptors (Lipinski definition) is 5. The maximum absolute atomic E-state index is 12.2. The van der Waals surface area contributed by atoms with Gasteiger partial charge in [0.2, 0.25) is 0 Å². The summed E-state index contributed by atoms with van der Waals surface area (Å²) >= 11 is 6.23.